The highest BCUT2D eigenvalue weighted by Gasteiger charge is 2.35. The first-order valence-electron chi connectivity index (χ1n) is 43.4. The molecular formula is C109H104N4O16. The molecule has 0 aromatic heterocycles. The van der Waals surface area contributed by atoms with Gasteiger partial charge in [-0.1, -0.05) is 218 Å². The van der Waals surface area contributed by atoms with E-state index in [-0.39, 0.29) is 103 Å². The zero-order chi connectivity index (χ0) is 89.3. The van der Waals surface area contributed by atoms with Gasteiger partial charge < -0.3 is 78.1 Å². The number of carbonyl (C=O) groups excluding carboxylic acids is 4. The molecule has 0 heterocycles. The highest BCUT2D eigenvalue weighted by Crippen LogP contribution is 2.52. The number of fused-ring (bicyclic) bond motifs is 8. The van der Waals surface area contributed by atoms with E-state index >= 15 is 0 Å². The molecule has 0 spiro atoms. The molecule has 0 aliphatic rings. The van der Waals surface area contributed by atoms with Crippen LogP contribution in [-0.4, -0.2) is 160 Å². The summed E-state index contributed by atoms with van der Waals surface area (Å²) in [4.78, 5) is 59.1. The Morgan fingerprint density at radius 2 is 0.411 bits per heavy atom. The molecule has 0 saturated carbocycles. The zero-order valence-corrected chi connectivity index (χ0v) is 73.7. The van der Waals surface area contributed by atoms with E-state index < -0.39 is 5.41 Å². The Balaban J connectivity index is 0.659. The van der Waals surface area contributed by atoms with Gasteiger partial charge in [0.2, 0.25) is 0 Å². The number of carbonyl (C=O) groups is 4. The summed E-state index contributed by atoms with van der Waals surface area (Å²) in [5.74, 6) is 2.82. The summed E-state index contributed by atoms with van der Waals surface area (Å²) >= 11 is 0. The minimum atomic E-state index is -0.997. The van der Waals surface area contributed by atoms with Crippen LogP contribution in [0, 0.1) is 5.41 Å². The molecule has 20 heteroatoms. The minimum absolute atomic E-state index is 0.0720. The smallest absolute Gasteiger partial charge is 0.255 e. The van der Waals surface area contributed by atoms with E-state index in [0.717, 1.165) is 131 Å². The van der Waals surface area contributed by atoms with Gasteiger partial charge in [-0.05, 0) is 160 Å². The van der Waals surface area contributed by atoms with E-state index in [4.69, 9.17) is 56.8 Å². The van der Waals surface area contributed by atoms with E-state index in [1.54, 1.807) is 56.9 Å². The van der Waals surface area contributed by atoms with Crippen LogP contribution < -0.4 is 59.2 Å². The molecule has 0 aliphatic carbocycles. The first kappa shape index (κ1) is 88.2. The van der Waals surface area contributed by atoms with Crippen LogP contribution >= 0.6 is 0 Å². The molecule has 0 bridgehead atoms. The van der Waals surface area contributed by atoms with Crippen LogP contribution in [0.3, 0.4) is 0 Å². The molecule has 20 nitrogen and oxygen atoms in total. The fourth-order valence-electron chi connectivity index (χ4n) is 17.8. The Morgan fingerprint density at radius 1 is 0.225 bits per heavy atom. The Labute approximate surface area is 749 Å². The van der Waals surface area contributed by atoms with E-state index in [0.29, 0.717) is 93.9 Å². The van der Waals surface area contributed by atoms with Crippen LogP contribution in [0.2, 0.25) is 0 Å². The number of methoxy groups -OCH3 is 8. The first-order chi connectivity index (χ1) is 63.3. The molecule has 0 radical (unpaired) electrons. The predicted molar refractivity (Wildman–Crippen MR) is 513 cm³/mol. The Bertz CT molecular complexity index is 6030. The van der Waals surface area contributed by atoms with Gasteiger partial charge in [0.1, 0.15) is 46.0 Å². The Kier molecular flexibility index (Phi) is 28.0. The summed E-state index contributed by atoms with van der Waals surface area (Å²) in [6, 6.07) is 87.3. The van der Waals surface area contributed by atoms with E-state index in [1.807, 2.05) is 267 Å². The maximum Gasteiger partial charge on any atom is 0.255 e. The third kappa shape index (κ3) is 18.4. The van der Waals surface area contributed by atoms with E-state index in [2.05, 4.69) is 21.3 Å². The molecule has 656 valence electrons. The maximum atomic E-state index is 14.8. The first-order valence-corrected chi connectivity index (χ1v) is 43.4. The average molecular weight is 1730 g/mol. The van der Waals surface area contributed by atoms with E-state index in [1.165, 1.54) is 0 Å². The van der Waals surface area contributed by atoms with Crippen molar-refractivity contribution in [2.45, 2.75) is 25.7 Å². The molecule has 0 unspecified atom stereocenters. The molecule has 0 atom stereocenters. The van der Waals surface area contributed by atoms with Crippen molar-refractivity contribution in [2.24, 2.45) is 5.41 Å². The highest BCUT2D eigenvalue weighted by atomic mass is 16.5. The van der Waals surface area contributed by atoms with Gasteiger partial charge >= 0.3 is 0 Å². The van der Waals surface area contributed by atoms with Gasteiger partial charge in [0.25, 0.3) is 23.6 Å². The molecule has 16 rings (SSSR count). The molecule has 4 N–H and O–H groups in total. The van der Waals surface area contributed by atoms with Crippen LogP contribution in [0.5, 0.6) is 46.0 Å². The number of ether oxygens (including phenoxy) is 12. The number of nitrogens with one attached hydrogen (secondary N) is 4. The van der Waals surface area contributed by atoms with Crippen molar-refractivity contribution in [2.75, 3.05) is 136 Å². The third-order valence-corrected chi connectivity index (χ3v) is 23.9. The second kappa shape index (κ2) is 41.0. The van der Waals surface area contributed by atoms with Crippen LogP contribution in [0.25, 0.3) is 131 Å². The van der Waals surface area contributed by atoms with E-state index in [9.17, 15) is 19.2 Å². The highest BCUT2D eigenvalue weighted by molar-refractivity contribution is 6.19. The normalized spacial score (nSPS) is 11.5. The standard InChI is InChI=1S/C109H104N4O16/c1-118-89-49-45-69-29-9-17-37-77(69)93(89)97-81-41-21-13-33-73(81)61-85(101(97)122-5)105(114)110-53-25-57-126-65-109(66-127-58-26-54-111-106(115)86-62-74-34-14-22-42-82(74)98(102(86)123-6)94-78-38-18-10-30-70(78)46-50-90(94)119-2,67-128-59-27-55-112-107(116)87-63-75-35-15-23-43-83(75)99(103(87)124-7)95-79-39-19-11-31-71(79)47-51-91(95)120-3)68-129-60-28-56-113-108(117)88-64-76-36-16-24-44-84(76)100(104(88)125-8)96-80-40-20-12-32-72(80)48-52-92(96)121-4/h9-24,29-52,61-64H,25-28,53-60,65-68H2,1-8H3,(H,110,114)(H,111,115)(H,112,116)(H,113,117). The summed E-state index contributed by atoms with van der Waals surface area (Å²) in [5, 5.41) is 27.4. The number of hydrogen-bond donors (Lipinski definition) is 4. The zero-order valence-electron chi connectivity index (χ0n) is 73.7. The monoisotopic (exact) mass is 1720 g/mol. The SMILES string of the molecule is COc1ccc2ccccc2c1-c1c(OC)c(C(=O)NCCCOCC(COCCCNC(=O)c2cc3ccccc3c(-c3c(OC)ccc4ccccc34)c2OC)(COCCCNC(=O)c2cc3ccccc3c(-c3c(OC)ccc4ccccc34)c2OC)COCCCNC(=O)c2cc3ccccc3c(-c3c(OC)ccc4ccccc34)c2OC)cc2ccccc12. The second-order valence-electron chi connectivity index (χ2n) is 31.8. The number of amides is 4. The third-order valence-electron chi connectivity index (χ3n) is 23.9. The molecule has 16 aromatic carbocycles. The Hall–Kier alpha value is -14.3. The van der Waals surface area contributed by atoms with Gasteiger partial charge in [-0.15, -0.1) is 0 Å². The van der Waals surface area contributed by atoms with Crippen LogP contribution in [0.1, 0.15) is 67.1 Å². The second-order valence-corrected chi connectivity index (χ2v) is 31.8. The van der Waals surface area contributed by atoms with Crippen LogP contribution in [-0.2, 0) is 18.9 Å². The lowest BCUT2D eigenvalue weighted by molar-refractivity contribution is -0.107. The van der Waals surface area contributed by atoms with Gasteiger partial charge in [-0.2, -0.15) is 0 Å². The van der Waals surface area contributed by atoms with Crippen LogP contribution in [0.4, 0.5) is 0 Å². The van der Waals surface area contributed by atoms with Gasteiger partial charge in [-0.3, -0.25) is 19.2 Å². The number of benzene rings is 16. The molecule has 0 aliphatic heterocycles. The Morgan fingerprint density at radius 3 is 0.605 bits per heavy atom. The fraction of sp³-hybridized carbons (Fsp3) is 0.229. The van der Waals surface area contributed by atoms with Gasteiger partial charge in [0.05, 0.1) is 111 Å². The molecule has 0 saturated heterocycles. The molecule has 0 fully saturated rings. The predicted octanol–water partition coefficient (Wildman–Crippen LogP) is 21.3. The van der Waals surface area contributed by atoms with Crippen molar-refractivity contribution in [3.63, 3.8) is 0 Å². The molecular weight excluding hydrogens is 1620 g/mol. The van der Waals surface area contributed by atoms with Gasteiger partial charge in [0.15, 0.2) is 0 Å². The van der Waals surface area contributed by atoms with Crippen molar-refractivity contribution in [1.29, 1.82) is 0 Å². The van der Waals surface area contributed by atoms with Crippen molar-refractivity contribution in [3.8, 4) is 90.5 Å². The summed E-state index contributed by atoms with van der Waals surface area (Å²) in [5.41, 5.74) is 6.60. The molecule has 4 amide bonds. The minimum Gasteiger partial charge on any atom is -0.496 e. The number of hydrogen-bond acceptors (Lipinski definition) is 16. The van der Waals surface area contributed by atoms with Crippen LogP contribution in [0.15, 0.2) is 267 Å². The largest absolute Gasteiger partial charge is 0.496 e. The van der Waals surface area contributed by atoms with Gasteiger partial charge in [-0.25, -0.2) is 0 Å². The molecule has 129 heavy (non-hydrogen) atoms. The number of rotatable bonds is 40. The fourth-order valence-corrected chi connectivity index (χ4v) is 17.8. The van der Waals surface area contributed by atoms with Crippen molar-refractivity contribution >= 4 is 110 Å². The maximum absolute atomic E-state index is 14.8. The summed E-state index contributed by atoms with van der Waals surface area (Å²) < 4.78 is 76.1. The van der Waals surface area contributed by atoms with Gasteiger partial charge in [0, 0.05) is 97.1 Å². The van der Waals surface area contributed by atoms with Crippen molar-refractivity contribution in [1.82, 2.24) is 21.3 Å². The quantitative estimate of drug-likeness (QED) is 0.0262. The lowest BCUT2D eigenvalue weighted by Gasteiger charge is -2.33. The summed E-state index contributed by atoms with van der Waals surface area (Å²) in [6.45, 7) is 2.03. The van der Waals surface area contributed by atoms with Crippen molar-refractivity contribution < 1.29 is 76.0 Å². The average Bonchev–Trinajstić information content (AvgIpc) is 0.756. The van der Waals surface area contributed by atoms with Crippen molar-refractivity contribution in [3.05, 3.63) is 289 Å². The summed E-state index contributed by atoms with van der Waals surface area (Å²) in [7, 11) is 12.9. The summed E-state index contributed by atoms with van der Waals surface area (Å²) in [6.07, 6.45) is 1.61. The lowest BCUT2D eigenvalue weighted by Crippen LogP contribution is -2.42. The lowest BCUT2D eigenvalue weighted by atomic mass is 9.90. The topological polar surface area (TPSA) is 227 Å². The molecule has 16 aromatic rings.